The molecule has 2 amide bonds. The Morgan fingerprint density at radius 2 is 1.79 bits per heavy atom. The van der Waals surface area contributed by atoms with Crippen molar-refractivity contribution in [2.45, 2.75) is 64.3 Å². The van der Waals surface area contributed by atoms with Crippen LogP contribution in [0.4, 0.5) is 4.79 Å². The minimum atomic E-state index is -0.984. The van der Waals surface area contributed by atoms with Crippen LogP contribution in [0.1, 0.15) is 58.3 Å². The summed E-state index contributed by atoms with van der Waals surface area (Å²) in [7, 11) is 0. The van der Waals surface area contributed by atoms with Crippen LogP contribution in [0.5, 0.6) is 0 Å². The van der Waals surface area contributed by atoms with Crippen LogP contribution in [0.3, 0.4) is 0 Å². The molecule has 0 saturated carbocycles. The molecular formula is C14H26N2O3. The van der Waals surface area contributed by atoms with Crippen molar-refractivity contribution in [2.24, 2.45) is 0 Å². The molecule has 1 heterocycles. The molecule has 1 aliphatic rings. The van der Waals surface area contributed by atoms with Crippen LogP contribution in [0.2, 0.25) is 0 Å². The van der Waals surface area contributed by atoms with Crippen molar-refractivity contribution in [3.8, 4) is 0 Å². The molecule has 1 aliphatic heterocycles. The van der Waals surface area contributed by atoms with Crippen molar-refractivity contribution >= 4 is 12.0 Å². The van der Waals surface area contributed by atoms with Crippen LogP contribution in [0.25, 0.3) is 0 Å². The Morgan fingerprint density at radius 1 is 1.21 bits per heavy atom. The molecule has 0 unspecified atom stereocenters. The van der Waals surface area contributed by atoms with Crippen LogP contribution in [-0.2, 0) is 4.79 Å². The van der Waals surface area contributed by atoms with Crippen molar-refractivity contribution in [1.29, 1.82) is 0 Å². The fourth-order valence-electron chi connectivity index (χ4n) is 2.33. The number of carbonyl (C=O) groups is 2. The van der Waals surface area contributed by atoms with Gasteiger partial charge in [-0.15, -0.1) is 0 Å². The summed E-state index contributed by atoms with van der Waals surface area (Å²) in [6.45, 7) is 3.14. The van der Waals surface area contributed by atoms with E-state index in [1.54, 1.807) is 0 Å². The van der Waals surface area contributed by atoms with Gasteiger partial charge in [0.2, 0.25) is 5.91 Å². The highest BCUT2D eigenvalue weighted by Gasteiger charge is 2.35. The Bertz CT molecular complexity index is 294. The van der Waals surface area contributed by atoms with E-state index < -0.39 is 12.1 Å². The summed E-state index contributed by atoms with van der Waals surface area (Å²) < 4.78 is 0. The molecule has 0 bridgehead atoms. The van der Waals surface area contributed by atoms with E-state index in [-0.39, 0.29) is 5.91 Å². The minimum Gasteiger partial charge on any atom is -0.465 e. The summed E-state index contributed by atoms with van der Waals surface area (Å²) in [6, 6.07) is -0.456. The van der Waals surface area contributed by atoms with Gasteiger partial charge in [0.1, 0.15) is 6.04 Å². The van der Waals surface area contributed by atoms with Crippen LogP contribution < -0.4 is 5.32 Å². The predicted octanol–water partition coefficient (Wildman–Crippen LogP) is 2.61. The molecule has 0 aliphatic carbocycles. The van der Waals surface area contributed by atoms with Crippen molar-refractivity contribution in [1.82, 2.24) is 10.2 Å². The zero-order valence-corrected chi connectivity index (χ0v) is 11.9. The number of carbonyl (C=O) groups excluding carboxylic acids is 1. The molecule has 1 saturated heterocycles. The summed E-state index contributed by atoms with van der Waals surface area (Å²) in [6.07, 6.45) is 8.46. The smallest absolute Gasteiger partial charge is 0.408 e. The number of nitrogens with zero attached hydrogens (tertiary/aromatic N) is 1. The van der Waals surface area contributed by atoms with Crippen LogP contribution >= 0.6 is 0 Å². The van der Waals surface area contributed by atoms with Crippen LogP contribution in [0.15, 0.2) is 0 Å². The zero-order valence-electron chi connectivity index (χ0n) is 11.9. The highest BCUT2D eigenvalue weighted by Crippen LogP contribution is 2.12. The van der Waals surface area contributed by atoms with Gasteiger partial charge in [-0.05, 0) is 6.42 Å². The lowest BCUT2D eigenvalue weighted by atomic mass is 10.1. The number of rotatable bonds is 10. The van der Waals surface area contributed by atoms with Crippen LogP contribution in [-0.4, -0.2) is 41.1 Å². The number of carboxylic acid groups (broad SMARTS) is 1. The van der Waals surface area contributed by atoms with Gasteiger partial charge >= 0.3 is 6.09 Å². The minimum absolute atomic E-state index is 0.165. The third-order valence-corrected chi connectivity index (χ3v) is 3.65. The molecule has 1 atom stereocenters. The maximum atomic E-state index is 11.2. The zero-order chi connectivity index (χ0) is 14.1. The van der Waals surface area contributed by atoms with E-state index in [2.05, 4.69) is 12.2 Å². The van der Waals surface area contributed by atoms with Gasteiger partial charge in [-0.3, -0.25) is 9.69 Å². The van der Waals surface area contributed by atoms with E-state index in [0.717, 1.165) is 19.3 Å². The number of hydrogen-bond donors (Lipinski definition) is 2. The number of nitrogens with one attached hydrogen (secondary N) is 1. The number of amides is 2. The van der Waals surface area contributed by atoms with Gasteiger partial charge in [0.15, 0.2) is 0 Å². The van der Waals surface area contributed by atoms with E-state index in [4.69, 9.17) is 5.11 Å². The molecule has 0 aromatic rings. The first-order chi connectivity index (χ1) is 9.16. The molecular weight excluding hydrogens is 244 g/mol. The Labute approximate surface area is 115 Å². The summed E-state index contributed by atoms with van der Waals surface area (Å²) >= 11 is 0. The van der Waals surface area contributed by atoms with Crippen molar-refractivity contribution < 1.29 is 14.7 Å². The van der Waals surface area contributed by atoms with Gasteiger partial charge in [-0.2, -0.15) is 0 Å². The van der Waals surface area contributed by atoms with Gasteiger partial charge in [0.05, 0.1) is 0 Å². The van der Waals surface area contributed by atoms with Crippen LogP contribution in [0, 0.1) is 0 Å². The monoisotopic (exact) mass is 270 g/mol. The molecule has 19 heavy (non-hydrogen) atoms. The topological polar surface area (TPSA) is 69.6 Å². The first kappa shape index (κ1) is 15.8. The number of unbranched alkanes of at least 4 members (excludes halogenated alkanes) is 7. The molecule has 0 aromatic carbocycles. The molecule has 1 fully saturated rings. The molecule has 1 rings (SSSR count). The molecule has 0 aromatic heterocycles. The Balaban J connectivity index is 2.06. The largest absolute Gasteiger partial charge is 0.465 e. The average molecular weight is 270 g/mol. The maximum absolute atomic E-state index is 11.2. The van der Waals surface area contributed by atoms with Gasteiger partial charge < -0.3 is 10.4 Å². The summed E-state index contributed by atoms with van der Waals surface area (Å²) in [5.41, 5.74) is 0. The molecule has 110 valence electrons. The third kappa shape index (κ3) is 5.49. The fraction of sp³-hybridized carbons (Fsp3) is 0.857. The predicted molar refractivity (Wildman–Crippen MR) is 74.1 cm³/mol. The Morgan fingerprint density at radius 3 is 2.21 bits per heavy atom. The first-order valence-electron chi connectivity index (χ1n) is 7.44. The van der Waals surface area contributed by atoms with E-state index in [9.17, 15) is 9.59 Å². The summed E-state index contributed by atoms with van der Waals surface area (Å²) in [4.78, 5) is 23.5. The highest BCUT2D eigenvalue weighted by molar-refractivity contribution is 5.90. The lowest BCUT2D eigenvalue weighted by Crippen LogP contribution is -2.63. The van der Waals surface area contributed by atoms with Gasteiger partial charge in [-0.25, -0.2) is 4.79 Å². The highest BCUT2D eigenvalue weighted by atomic mass is 16.4. The third-order valence-electron chi connectivity index (χ3n) is 3.65. The number of hydrogen-bond acceptors (Lipinski definition) is 2. The van der Waals surface area contributed by atoms with Gasteiger partial charge in [0.25, 0.3) is 0 Å². The van der Waals surface area contributed by atoms with E-state index in [1.165, 1.54) is 37.0 Å². The summed E-state index contributed by atoms with van der Waals surface area (Å²) in [5.74, 6) is -0.165. The maximum Gasteiger partial charge on any atom is 0.408 e. The lowest BCUT2D eigenvalue weighted by molar-refractivity contribution is -0.132. The summed E-state index contributed by atoms with van der Waals surface area (Å²) in [5, 5.41) is 11.7. The molecule has 0 radical (unpaired) electrons. The van der Waals surface area contributed by atoms with Crippen molar-refractivity contribution in [3.63, 3.8) is 0 Å². The Kier molecular flexibility index (Phi) is 7.30. The normalized spacial score (nSPS) is 17.7. The molecule has 0 spiro atoms. The molecule has 2 N–H and O–H groups in total. The molecule has 5 nitrogen and oxygen atoms in total. The van der Waals surface area contributed by atoms with Gasteiger partial charge in [0, 0.05) is 13.1 Å². The standard InChI is InChI=1S/C14H26N2O3/c1-2-3-4-5-6-7-8-9-10-16(14(18)19)12-11-15-13(12)17/h12H,2-11H2,1H3,(H,15,17)(H,18,19)/t12-/m0/s1. The van der Waals surface area contributed by atoms with E-state index >= 15 is 0 Å². The van der Waals surface area contributed by atoms with Crippen molar-refractivity contribution in [3.05, 3.63) is 0 Å². The second kappa shape index (κ2) is 8.77. The molecule has 5 heteroatoms. The second-order valence-electron chi connectivity index (χ2n) is 5.21. The van der Waals surface area contributed by atoms with E-state index in [0.29, 0.717) is 13.1 Å². The van der Waals surface area contributed by atoms with Gasteiger partial charge in [-0.1, -0.05) is 51.9 Å². The quantitative estimate of drug-likeness (QED) is 0.473. The Hall–Kier alpha value is -1.26. The second-order valence-corrected chi connectivity index (χ2v) is 5.21. The lowest BCUT2D eigenvalue weighted by Gasteiger charge is -2.34. The average Bonchev–Trinajstić information content (AvgIpc) is 2.38. The van der Waals surface area contributed by atoms with Crippen molar-refractivity contribution in [2.75, 3.05) is 13.1 Å². The SMILES string of the molecule is CCCCCCCCCCN(C(=O)O)[C@H]1CNC1=O. The fourth-order valence-corrected chi connectivity index (χ4v) is 2.33. The first-order valence-corrected chi connectivity index (χ1v) is 7.44. The van der Waals surface area contributed by atoms with E-state index in [1.807, 2.05) is 0 Å². The number of β-lactam (4-membered cyclic amide) rings is 1.